The molecule has 1 aliphatic heterocycles. The number of nitrogens with one attached hydrogen (secondary N) is 2. The van der Waals surface area contributed by atoms with Gasteiger partial charge in [-0.3, -0.25) is 4.79 Å². The van der Waals surface area contributed by atoms with Crippen molar-refractivity contribution < 1.29 is 17.6 Å². The van der Waals surface area contributed by atoms with Gasteiger partial charge in [-0.25, -0.2) is 12.8 Å². The number of benzene rings is 1. The van der Waals surface area contributed by atoms with E-state index in [-0.39, 0.29) is 37.6 Å². The van der Waals surface area contributed by atoms with Crippen molar-refractivity contribution in [3.8, 4) is 0 Å². The third-order valence-corrected chi connectivity index (χ3v) is 6.22. The minimum Gasteiger partial charge on any atom is -0.351 e. The molecule has 1 fully saturated rings. The summed E-state index contributed by atoms with van der Waals surface area (Å²) in [4.78, 5) is 12.5. The quantitative estimate of drug-likeness (QED) is 0.845. The average molecular weight is 365 g/mol. The Hall–Kier alpha value is -1.18. The van der Waals surface area contributed by atoms with Gasteiger partial charge in [0.05, 0.1) is 0 Å². The van der Waals surface area contributed by atoms with Gasteiger partial charge in [-0.15, -0.1) is 12.4 Å². The Kier molecular flexibility index (Phi) is 6.56. The second kappa shape index (κ2) is 7.59. The molecule has 0 unspecified atom stereocenters. The minimum absolute atomic E-state index is 0. The third-order valence-electron chi connectivity index (χ3n) is 4.21. The molecule has 130 valence electrons. The third kappa shape index (κ3) is 4.22. The number of rotatable bonds is 4. The van der Waals surface area contributed by atoms with E-state index in [1.54, 1.807) is 19.1 Å². The van der Waals surface area contributed by atoms with Crippen LogP contribution >= 0.6 is 12.4 Å². The molecular weight excluding hydrogens is 343 g/mol. The van der Waals surface area contributed by atoms with Crippen LogP contribution in [0.1, 0.15) is 24.0 Å². The summed E-state index contributed by atoms with van der Waals surface area (Å²) in [6, 6.07) is 4.57. The highest BCUT2D eigenvalue weighted by atomic mass is 35.5. The molecule has 0 radical (unpaired) electrons. The zero-order valence-electron chi connectivity index (χ0n) is 13.2. The topological polar surface area (TPSA) is 75.3 Å². The molecule has 0 bridgehead atoms. The molecule has 2 N–H and O–H groups in total. The first-order chi connectivity index (χ1) is 10.3. The number of carbonyl (C=O) groups is 1. The van der Waals surface area contributed by atoms with E-state index in [2.05, 4.69) is 10.6 Å². The zero-order valence-corrected chi connectivity index (χ0v) is 14.8. The maximum Gasteiger partial charge on any atom is 0.241 e. The zero-order chi connectivity index (χ0) is 16.4. The van der Waals surface area contributed by atoms with Crippen molar-refractivity contribution in [1.82, 2.24) is 10.6 Å². The van der Waals surface area contributed by atoms with Crippen LogP contribution in [0.3, 0.4) is 0 Å². The highest BCUT2D eigenvalue weighted by molar-refractivity contribution is 7.92. The van der Waals surface area contributed by atoms with E-state index in [1.165, 1.54) is 6.07 Å². The molecule has 0 atom stereocenters. The predicted octanol–water partition coefficient (Wildman–Crippen LogP) is 1.34. The molecule has 0 aromatic heterocycles. The van der Waals surface area contributed by atoms with Gasteiger partial charge in [0, 0.05) is 12.8 Å². The van der Waals surface area contributed by atoms with Gasteiger partial charge in [0.15, 0.2) is 14.6 Å². The number of hydrogen-bond acceptors (Lipinski definition) is 4. The molecule has 8 heteroatoms. The van der Waals surface area contributed by atoms with Crippen molar-refractivity contribution in [1.29, 1.82) is 0 Å². The lowest BCUT2D eigenvalue weighted by Gasteiger charge is -2.34. The summed E-state index contributed by atoms with van der Waals surface area (Å²) in [7, 11) is -3.52. The Morgan fingerprint density at radius 2 is 1.96 bits per heavy atom. The normalized spacial score (nSPS) is 17.2. The van der Waals surface area contributed by atoms with E-state index in [1.807, 2.05) is 0 Å². The summed E-state index contributed by atoms with van der Waals surface area (Å²) in [6.07, 6.45) is 1.64. The fraction of sp³-hybridized carbons (Fsp3) is 0.533. The Bertz CT molecular complexity index is 673. The molecule has 5 nitrogen and oxygen atoms in total. The van der Waals surface area contributed by atoms with Crippen molar-refractivity contribution in [3.05, 3.63) is 35.1 Å². The molecule has 1 aromatic carbocycles. The lowest BCUT2D eigenvalue weighted by molar-refractivity contribution is -0.124. The van der Waals surface area contributed by atoms with Crippen LogP contribution in [0.2, 0.25) is 0 Å². The summed E-state index contributed by atoms with van der Waals surface area (Å²) < 4.78 is 36.1. The molecule has 1 aromatic rings. The van der Waals surface area contributed by atoms with Crippen molar-refractivity contribution >= 4 is 28.2 Å². The number of sulfone groups is 1. The smallest absolute Gasteiger partial charge is 0.241 e. The van der Waals surface area contributed by atoms with Crippen LogP contribution in [0.15, 0.2) is 18.2 Å². The summed E-state index contributed by atoms with van der Waals surface area (Å²) in [5, 5.41) is 5.76. The van der Waals surface area contributed by atoms with Crippen molar-refractivity contribution in [2.45, 2.75) is 31.1 Å². The summed E-state index contributed by atoms with van der Waals surface area (Å²) in [6.45, 7) is 2.82. The highest BCUT2D eigenvalue weighted by Crippen LogP contribution is 2.28. The summed E-state index contributed by atoms with van der Waals surface area (Å²) >= 11 is 0. The molecular formula is C15H22ClFN2O3S. The van der Waals surface area contributed by atoms with Gasteiger partial charge >= 0.3 is 0 Å². The second-order valence-corrected chi connectivity index (χ2v) is 8.11. The SMILES string of the molecule is Cc1cc(CNC(=O)C2(S(C)(=O)=O)CCNCC2)ccc1F.Cl. The first-order valence-electron chi connectivity index (χ1n) is 7.20. The van der Waals surface area contributed by atoms with E-state index < -0.39 is 20.5 Å². The minimum atomic E-state index is -3.52. The van der Waals surface area contributed by atoms with Crippen LogP contribution in [0, 0.1) is 12.7 Å². The first kappa shape index (κ1) is 19.9. The Balaban J connectivity index is 0.00000264. The Labute approximate surface area is 142 Å². The van der Waals surface area contributed by atoms with E-state index in [0.717, 1.165) is 11.8 Å². The Morgan fingerprint density at radius 3 is 2.48 bits per heavy atom. The molecule has 0 saturated carbocycles. The molecule has 1 heterocycles. The van der Waals surface area contributed by atoms with Crippen LogP contribution in [0.25, 0.3) is 0 Å². The second-order valence-electron chi connectivity index (χ2n) is 5.78. The van der Waals surface area contributed by atoms with Crippen LogP contribution in [0.5, 0.6) is 0 Å². The lowest BCUT2D eigenvalue weighted by atomic mass is 9.95. The molecule has 0 aliphatic carbocycles. The van der Waals surface area contributed by atoms with E-state index in [9.17, 15) is 17.6 Å². The number of hydrogen-bond donors (Lipinski definition) is 2. The number of carbonyl (C=O) groups excluding carboxylic acids is 1. The van der Waals surface area contributed by atoms with Crippen molar-refractivity contribution in [2.24, 2.45) is 0 Å². The first-order valence-corrected chi connectivity index (χ1v) is 9.09. The van der Waals surface area contributed by atoms with Gasteiger partial charge in [-0.1, -0.05) is 12.1 Å². The molecule has 1 amide bonds. The number of halogens is 2. The molecule has 2 rings (SSSR count). The molecule has 1 saturated heterocycles. The molecule has 0 spiro atoms. The molecule has 1 aliphatic rings. The predicted molar refractivity (Wildman–Crippen MR) is 89.9 cm³/mol. The monoisotopic (exact) mass is 364 g/mol. The van der Waals surface area contributed by atoms with Crippen LogP contribution in [-0.4, -0.2) is 38.4 Å². The van der Waals surface area contributed by atoms with Gasteiger partial charge in [0.2, 0.25) is 5.91 Å². The van der Waals surface area contributed by atoms with E-state index in [4.69, 9.17) is 0 Å². The highest BCUT2D eigenvalue weighted by Gasteiger charge is 2.48. The van der Waals surface area contributed by atoms with Crippen LogP contribution in [-0.2, 0) is 21.2 Å². The summed E-state index contributed by atoms with van der Waals surface area (Å²) in [5.74, 6) is -0.778. The van der Waals surface area contributed by atoms with Gasteiger partial charge in [-0.2, -0.15) is 0 Å². The maximum absolute atomic E-state index is 13.2. The van der Waals surface area contributed by atoms with Crippen molar-refractivity contribution in [3.63, 3.8) is 0 Å². The summed E-state index contributed by atoms with van der Waals surface area (Å²) in [5.41, 5.74) is 1.23. The van der Waals surface area contributed by atoms with Gasteiger partial charge in [-0.05, 0) is 50.0 Å². The van der Waals surface area contributed by atoms with Gasteiger partial charge < -0.3 is 10.6 Å². The van der Waals surface area contributed by atoms with Crippen LogP contribution < -0.4 is 10.6 Å². The van der Waals surface area contributed by atoms with E-state index in [0.29, 0.717) is 18.7 Å². The van der Waals surface area contributed by atoms with Gasteiger partial charge in [0.1, 0.15) is 5.82 Å². The van der Waals surface area contributed by atoms with E-state index >= 15 is 0 Å². The van der Waals surface area contributed by atoms with Gasteiger partial charge in [0.25, 0.3) is 0 Å². The fourth-order valence-corrected chi connectivity index (χ4v) is 4.11. The lowest BCUT2D eigenvalue weighted by Crippen LogP contribution is -2.57. The largest absolute Gasteiger partial charge is 0.351 e. The number of amides is 1. The average Bonchev–Trinajstić information content (AvgIpc) is 2.47. The van der Waals surface area contributed by atoms with Crippen molar-refractivity contribution in [2.75, 3.05) is 19.3 Å². The molecule has 23 heavy (non-hydrogen) atoms. The number of piperidine rings is 1. The number of aryl methyl sites for hydroxylation is 1. The maximum atomic E-state index is 13.2. The fourth-order valence-electron chi connectivity index (χ4n) is 2.76. The van der Waals surface area contributed by atoms with Crippen LogP contribution in [0.4, 0.5) is 4.39 Å². The Morgan fingerprint density at radius 1 is 1.35 bits per heavy atom. The standard InChI is InChI=1S/C15H21FN2O3S.ClH/c1-11-9-12(3-4-13(11)16)10-18-14(19)15(22(2,20)21)5-7-17-8-6-15;/h3-4,9,17H,5-8,10H2,1-2H3,(H,18,19);1H.